The van der Waals surface area contributed by atoms with Crippen LogP contribution in [0.2, 0.25) is 0 Å². The first-order valence-corrected chi connectivity index (χ1v) is 12.3. The number of carbonyl (C=O) groups is 1. The molecule has 8 heteroatoms. The average Bonchev–Trinajstić information content (AvgIpc) is 2.91. The summed E-state index contributed by atoms with van der Waals surface area (Å²) in [6.45, 7) is 2.35. The van der Waals surface area contributed by atoms with Crippen LogP contribution in [0.25, 0.3) is 10.9 Å². The van der Waals surface area contributed by atoms with Crippen LogP contribution < -0.4 is 4.74 Å². The fourth-order valence-electron chi connectivity index (χ4n) is 5.03. The Balaban J connectivity index is 1.39. The van der Waals surface area contributed by atoms with Crippen molar-refractivity contribution in [3.05, 3.63) is 60.0 Å². The van der Waals surface area contributed by atoms with Crippen molar-refractivity contribution in [2.24, 2.45) is 11.8 Å². The lowest BCUT2D eigenvalue weighted by Crippen LogP contribution is -2.41. The molecule has 4 rings (SSSR count). The summed E-state index contributed by atoms with van der Waals surface area (Å²) in [5, 5.41) is 28.9. The zero-order valence-electron chi connectivity index (χ0n) is 20.5. The lowest BCUT2D eigenvalue weighted by atomic mass is 9.79. The molecule has 2 N–H and O–H groups in total. The zero-order chi connectivity index (χ0) is 25.3. The maximum absolute atomic E-state index is 11.3. The summed E-state index contributed by atoms with van der Waals surface area (Å²) in [4.78, 5) is 18.0. The summed E-state index contributed by atoms with van der Waals surface area (Å²) < 4.78 is 5.36. The number of aliphatic carboxylic acids is 1. The topological polar surface area (TPSA) is 109 Å². The number of nitrogens with zero attached hydrogens (tertiary/aromatic N) is 4. The van der Waals surface area contributed by atoms with Crippen LogP contribution in [-0.4, -0.2) is 63.0 Å². The van der Waals surface area contributed by atoms with E-state index in [2.05, 4.69) is 31.9 Å². The minimum absolute atomic E-state index is 0.153. The van der Waals surface area contributed by atoms with Crippen LogP contribution in [0.4, 0.5) is 0 Å². The Hall–Kier alpha value is -3.54. The van der Waals surface area contributed by atoms with E-state index in [0.29, 0.717) is 25.3 Å². The number of rotatable bonds is 9. The van der Waals surface area contributed by atoms with Gasteiger partial charge in [-0.3, -0.25) is 14.7 Å². The summed E-state index contributed by atoms with van der Waals surface area (Å²) in [5.74, 6) is 6.89. The molecular formula is C28H32N4O4. The Labute approximate surface area is 211 Å². The van der Waals surface area contributed by atoms with Gasteiger partial charge in [0.25, 0.3) is 0 Å². The molecular weight excluding hydrogens is 456 g/mol. The molecule has 0 bridgehead atoms. The largest absolute Gasteiger partial charge is 0.497 e. The van der Waals surface area contributed by atoms with Crippen LogP contribution in [-0.2, 0) is 4.79 Å². The SMILES string of the molecule is COc1ccc2nccc(C(O)CC[C@@H]3CCN(CC#Cc4ccnnc4)C[C@@H]3CCC(=O)O)c2c1. The molecule has 0 saturated carbocycles. The molecule has 3 aromatic rings. The first kappa shape index (κ1) is 25.5. The third kappa shape index (κ3) is 6.78. The molecule has 1 aliphatic rings. The normalized spacial score (nSPS) is 18.8. The molecule has 0 spiro atoms. The van der Waals surface area contributed by atoms with Crippen molar-refractivity contribution in [2.75, 3.05) is 26.7 Å². The molecule has 3 atom stereocenters. The van der Waals surface area contributed by atoms with E-state index in [-0.39, 0.29) is 12.3 Å². The van der Waals surface area contributed by atoms with E-state index in [1.54, 1.807) is 25.7 Å². The predicted molar refractivity (Wildman–Crippen MR) is 136 cm³/mol. The van der Waals surface area contributed by atoms with Crippen LogP contribution in [0.3, 0.4) is 0 Å². The highest BCUT2D eigenvalue weighted by Gasteiger charge is 2.29. The Kier molecular flexibility index (Phi) is 8.82. The van der Waals surface area contributed by atoms with E-state index in [1.807, 2.05) is 30.3 Å². The van der Waals surface area contributed by atoms with Gasteiger partial charge in [-0.25, -0.2) is 0 Å². The molecule has 36 heavy (non-hydrogen) atoms. The third-order valence-electron chi connectivity index (χ3n) is 6.98. The van der Waals surface area contributed by atoms with Crippen LogP contribution in [0.15, 0.2) is 48.9 Å². The molecule has 188 valence electrons. The molecule has 2 aromatic heterocycles. The fraction of sp³-hybridized carbons (Fsp3) is 0.429. The van der Waals surface area contributed by atoms with Gasteiger partial charge in [0.05, 0.1) is 37.7 Å². The van der Waals surface area contributed by atoms with Gasteiger partial charge >= 0.3 is 5.97 Å². The van der Waals surface area contributed by atoms with E-state index >= 15 is 0 Å². The van der Waals surface area contributed by atoms with Crippen molar-refractivity contribution >= 4 is 16.9 Å². The van der Waals surface area contributed by atoms with Crippen molar-refractivity contribution < 1.29 is 19.7 Å². The van der Waals surface area contributed by atoms with E-state index in [0.717, 1.165) is 53.7 Å². The minimum atomic E-state index is -0.770. The van der Waals surface area contributed by atoms with Gasteiger partial charge in [-0.05, 0) is 80.0 Å². The van der Waals surface area contributed by atoms with Crippen molar-refractivity contribution in [1.29, 1.82) is 0 Å². The van der Waals surface area contributed by atoms with Gasteiger partial charge in [0.2, 0.25) is 0 Å². The number of piperidine rings is 1. The Bertz CT molecular complexity index is 1220. The van der Waals surface area contributed by atoms with Crippen molar-refractivity contribution in [1.82, 2.24) is 20.1 Å². The second-order valence-electron chi connectivity index (χ2n) is 9.29. The smallest absolute Gasteiger partial charge is 0.303 e. The number of benzene rings is 1. The molecule has 3 heterocycles. The van der Waals surface area contributed by atoms with Crippen molar-refractivity contribution in [2.45, 2.75) is 38.2 Å². The lowest BCUT2D eigenvalue weighted by molar-refractivity contribution is -0.137. The van der Waals surface area contributed by atoms with Crippen molar-refractivity contribution in [3.63, 3.8) is 0 Å². The number of aliphatic hydroxyl groups excluding tert-OH is 1. The van der Waals surface area contributed by atoms with E-state index in [9.17, 15) is 15.0 Å². The molecule has 0 amide bonds. The quantitative estimate of drug-likeness (QED) is 0.439. The van der Waals surface area contributed by atoms with E-state index in [4.69, 9.17) is 4.74 Å². The summed E-state index contributed by atoms with van der Waals surface area (Å²) >= 11 is 0. The second kappa shape index (κ2) is 12.4. The third-order valence-corrected chi connectivity index (χ3v) is 6.98. The molecule has 1 fully saturated rings. The number of ether oxygens (including phenoxy) is 1. The van der Waals surface area contributed by atoms with Crippen molar-refractivity contribution in [3.8, 4) is 17.6 Å². The molecule has 8 nitrogen and oxygen atoms in total. The number of fused-ring (bicyclic) bond motifs is 1. The van der Waals surface area contributed by atoms with Gasteiger partial charge in [0.15, 0.2) is 0 Å². The number of hydrogen-bond acceptors (Lipinski definition) is 7. The number of hydrogen-bond donors (Lipinski definition) is 2. The highest BCUT2D eigenvalue weighted by Crippen LogP contribution is 2.35. The highest BCUT2D eigenvalue weighted by molar-refractivity contribution is 5.83. The van der Waals surface area contributed by atoms with Crippen LogP contribution in [0.5, 0.6) is 5.75 Å². The molecule has 0 aliphatic carbocycles. The monoisotopic (exact) mass is 488 g/mol. The number of aromatic nitrogens is 3. The summed E-state index contributed by atoms with van der Waals surface area (Å²) in [5.41, 5.74) is 2.50. The number of carboxylic acids is 1. The molecule has 1 unspecified atom stereocenters. The Morgan fingerprint density at radius 2 is 2.08 bits per heavy atom. The van der Waals surface area contributed by atoms with Gasteiger partial charge in [0.1, 0.15) is 5.75 Å². The standard InChI is InChI=1S/C28H32N4O4/c1-36-23-6-7-26-25(17-23)24(11-13-29-26)27(33)8-4-21-12-16-32(19-22(21)5-9-28(34)35)15-2-3-20-10-14-30-31-18-20/h6-7,10-11,13-14,17-18,21-22,27,33H,4-5,8-9,12,15-16,19H2,1H3,(H,34,35)/t21-,22+,27?/m1/s1. The lowest BCUT2D eigenvalue weighted by Gasteiger charge is -2.38. The maximum Gasteiger partial charge on any atom is 0.303 e. The number of carboxylic acid groups (broad SMARTS) is 1. The zero-order valence-corrected chi connectivity index (χ0v) is 20.5. The van der Waals surface area contributed by atoms with Crippen LogP contribution in [0, 0.1) is 23.7 Å². The second-order valence-corrected chi connectivity index (χ2v) is 9.29. The maximum atomic E-state index is 11.3. The molecule has 1 saturated heterocycles. The summed E-state index contributed by atoms with van der Waals surface area (Å²) in [6, 6.07) is 9.38. The first-order valence-electron chi connectivity index (χ1n) is 12.3. The fourth-order valence-corrected chi connectivity index (χ4v) is 5.03. The number of pyridine rings is 1. The molecule has 0 radical (unpaired) electrons. The Morgan fingerprint density at radius 3 is 2.86 bits per heavy atom. The first-order chi connectivity index (χ1) is 17.5. The minimum Gasteiger partial charge on any atom is -0.497 e. The molecule has 1 aromatic carbocycles. The average molecular weight is 489 g/mol. The Morgan fingerprint density at radius 1 is 1.19 bits per heavy atom. The van der Waals surface area contributed by atoms with E-state index < -0.39 is 12.1 Å². The predicted octanol–water partition coefficient (Wildman–Crippen LogP) is 3.70. The van der Waals surface area contributed by atoms with Gasteiger partial charge < -0.3 is 14.9 Å². The number of likely N-dealkylation sites (tertiary alicyclic amines) is 1. The van der Waals surface area contributed by atoms with E-state index in [1.165, 1.54) is 0 Å². The van der Waals surface area contributed by atoms with Crippen LogP contribution >= 0.6 is 0 Å². The van der Waals surface area contributed by atoms with Crippen LogP contribution in [0.1, 0.15) is 49.3 Å². The van der Waals surface area contributed by atoms with Gasteiger partial charge in [-0.2, -0.15) is 10.2 Å². The number of aliphatic hydroxyl groups is 1. The molecule has 1 aliphatic heterocycles. The summed E-state index contributed by atoms with van der Waals surface area (Å²) in [6.07, 6.45) is 7.55. The van der Waals surface area contributed by atoms with Gasteiger partial charge in [-0.15, -0.1) is 0 Å². The summed E-state index contributed by atoms with van der Waals surface area (Å²) in [7, 11) is 1.62. The number of methoxy groups -OCH3 is 1. The highest BCUT2D eigenvalue weighted by atomic mass is 16.5. The van der Waals surface area contributed by atoms with Gasteiger partial charge in [0, 0.05) is 30.1 Å². The van der Waals surface area contributed by atoms with Gasteiger partial charge in [-0.1, -0.05) is 11.8 Å².